The van der Waals surface area contributed by atoms with Crippen LogP contribution in [0.5, 0.6) is 11.5 Å². The standard InChI is InChI=1S/C14H14N2O2/c1-3-14(17)13-7-6-12(9-16-13)18-11-5-4-10(2)15-8-11/h4-9H,3H2,1-2H3. The molecule has 18 heavy (non-hydrogen) atoms. The molecule has 2 heterocycles. The molecule has 0 radical (unpaired) electrons. The van der Waals surface area contributed by atoms with Gasteiger partial charge in [0.05, 0.1) is 12.4 Å². The molecule has 0 saturated carbocycles. The van der Waals surface area contributed by atoms with Crippen LogP contribution in [0.25, 0.3) is 0 Å². The number of ketones is 1. The molecule has 2 aromatic rings. The topological polar surface area (TPSA) is 52.1 Å². The largest absolute Gasteiger partial charge is 0.454 e. The SMILES string of the molecule is CCC(=O)c1ccc(Oc2ccc(C)nc2)cn1. The fourth-order valence-electron chi connectivity index (χ4n) is 1.44. The van der Waals surface area contributed by atoms with Crippen LogP contribution >= 0.6 is 0 Å². The van der Waals surface area contributed by atoms with Crippen LogP contribution < -0.4 is 4.74 Å². The molecule has 0 amide bonds. The fourth-order valence-corrected chi connectivity index (χ4v) is 1.44. The Morgan fingerprint density at radius 2 is 1.78 bits per heavy atom. The number of ether oxygens (including phenoxy) is 1. The van der Waals surface area contributed by atoms with Crippen LogP contribution in [0.4, 0.5) is 0 Å². The predicted octanol–water partition coefficient (Wildman–Crippen LogP) is 3.17. The summed E-state index contributed by atoms with van der Waals surface area (Å²) in [6.45, 7) is 3.73. The van der Waals surface area contributed by atoms with E-state index in [1.54, 1.807) is 24.5 Å². The number of hydrogen-bond donors (Lipinski definition) is 0. The molecule has 0 saturated heterocycles. The Labute approximate surface area is 106 Å². The van der Waals surface area contributed by atoms with E-state index in [4.69, 9.17) is 4.74 Å². The predicted molar refractivity (Wildman–Crippen MR) is 67.9 cm³/mol. The number of aryl methyl sites for hydroxylation is 1. The van der Waals surface area contributed by atoms with Gasteiger partial charge in [0.2, 0.25) is 0 Å². The highest BCUT2D eigenvalue weighted by Crippen LogP contribution is 2.19. The van der Waals surface area contributed by atoms with Gasteiger partial charge in [-0.05, 0) is 31.2 Å². The summed E-state index contributed by atoms with van der Waals surface area (Å²) in [6.07, 6.45) is 3.65. The van der Waals surface area contributed by atoms with Crippen molar-refractivity contribution in [2.75, 3.05) is 0 Å². The lowest BCUT2D eigenvalue weighted by Crippen LogP contribution is -1.99. The van der Waals surface area contributed by atoms with Gasteiger partial charge in [-0.1, -0.05) is 6.92 Å². The van der Waals surface area contributed by atoms with Gasteiger partial charge >= 0.3 is 0 Å². The molecule has 4 nitrogen and oxygen atoms in total. The molecule has 0 spiro atoms. The highest BCUT2D eigenvalue weighted by molar-refractivity contribution is 5.93. The van der Waals surface area contributed by atoms with E-state index >= 15 is 0 Å². The first-order chi connectivity index (χ1) is 8.69. The molecule has 0 aliphatic carbocycles. The molecular formula is C14H14N2O2. The molecule has 0 unspecified atom stereocenters. The van der Waals surface area contributed by atoms with Crippen molar-refractivity contribution in [3.8, 4) is 11.5 Å². The molecule has 0 aromatic carbocycles. The summed E-state index contributed by atoms with van der Waals surface area (Å²) in [5, 5.41) is 0. The molecule has 0 atom stereocenters. The Balaban J connectivity index is 2.10. The lowest BCUT2D eigenvalue weighted by molar-refractivity contribution is 0.0983. The Morgan fingerprint density at radius 3 is 2.28 bits per heavy atom. The Hall–Kier alpha value is -2.23. The summed E-state index contributed by atoms with van der Waals surface area (Å²) in [4.78, 5) is 19.6. The van der Waals surface area contributed by atoms with Crippen molar-refractivity contribution < 1.29 is 9.53 Å². The summed E-state index contributed by atoms with van der Waals surface area (Å²) in [5.41, 5.74) is 1.40. The lowest BCUT2D eigenvalue weighted by Gasteiger charge is -2.05. The first-order valence-corrected chi connectivity index (χ1v) is 5.79. The molecule has 4 heteroatoms. The van der Waals surface area contributed by atoms with E-state index in [1.807, 2.05) is 26.0 Å². The first kappa shape index (κ1) is 12.2. The minimum atomic E-state index is 0.0264. The van der Waals surface area contributed by atoms with Gasteiger partial charge in [0, 0.05) is 12.1 Å². The normalized spacial score (nSPS) is 10.1. The molecule has 0 aliphatic heterocycles. The zero-order valence-corrected chi connectivity index (χ0v) is 10.4. The van der Waals surface area contributed by atoms with E-state index in [2.05, 4.69) is 9.97 Å². The van der Waals surface area contributed by atoms with Crippen molar-refractivity contribution in [2.24, 2.45) is 0 Å². The van der Waals surface area contributed by atoms with Crippen LogP contribution in [0.15, 0.2) is 36.7 Å². The van der Waals surface area contributed by atoms with E-state index in [1.165, 1.54) is 0 Å². The van der Waals surface area contributed by atoms with Gasteiger partial charge in [-0.25, -0.2) is 4.98 Å². The molecule has 0 fully saturated rings. The first-order valence-electron chi connectivity index (χ1n) is 5.79. The van der Waals surface area contributed by atoms with Gasteiger partial charge in [0.1, 0.15) is 17.2 Å². The van der Waals surface area contributed by atoms with Crippen molar-refractivity contribution in [2.45, 2.75) is 20.3 Å². The van der Waals surface area contributed by atoms with Gasteiger partial charge in [0.25, 0.3) is 0 Å². The number of carbonyl (C=O) groups is 1. The van der Waals surface area contributed by atoms with Gasteiger partial charge in [-0.3, -0.25) is 9.78 Å². The summed E-state index contributed by atoms with van der Waals surface area (Å²) >= 11 is 0. The number of nitrogens with zero attached hydrogens (tertiary/aromatic N) is 2. The van der Waals surface area contributed by atoms with Gasteiger partial charge < -0.3 is 4.74 Å². The average molecular weight is 242 g/mol. The third kappa shape index (κ3) is 2.91. The molecule has 0 N–H and O–H groups in total. The minimum Gasteiger partial charge on any atom is -0.454 e. The molecule has 0 bridgehead atoms. The molecule has 92 valence electrons. The highest BCUT2D eigenvalue weighted by atomic mass is 16.5. The van der Waals surface area contributed by atoms with E-state index in [9.17, 15) is 4.79 Å². The molecular weight excluding hydrogens is 228 g/mol. The quantitative estimate of drug-likeness (QED) is 0.773. The zero-order valence-electron chi connectivity index (χ0n) is 10.4. The van der Waals surface area contributed by atoms with E-state index in [0.717, 1.165) is 5.69 Å². The number of pyridine rings is 2. The molecule has 2 aromatic heterocycles. The van der Waals surface area contributed by atoms with Crippen molar-refractivity contribution in [1.82, 2.24) is 9.97 Å². The third-order valence-electron chi connectivity index (χ3n) is 2.46. The maximum absolute atomic E-state index is 11.4. The second kappa shape index (κ2) is 5.40. The third-order valence-corrected chi connectivity index (χ3v) is 2.46. The van der Waals surface area contributed by atoms with Crippen molar-refractivity contribution in [3.05, 3.63) is 48.0 Å². The zero-order chi connectivity index (χ0) is 13.0. The van der Waals surface area contributed by atoms with E-state index in [0.29, 0.717) is 23.6 Å². The molecule has 0 aliphatic rings. The number of Topliss-reactive ketones (excluding diaryl/α,β-unsaturated/α-hetero) is 1. The smallest absolute Gasteiger partial charge is 0.180 e. The summed E-state index contributed by atoms with van der Waals surface area (Å²) < 4.78 is 5.57. The summed E-state index contributed by atoms with van der Waals surface area (Å²) in [5.74, 6) is 1.27. The van der Waals surface area contributed by atoms with Crippen molar-refractivity contribution in [1.29, 1.82) is 0 Å². The van der Waals surface area contributed by atoms with Crippen LogP contribution in [-0.2, 0) is 0 Å². The Morgan fingerprint density at radius 1 is 1.11 bits per heavy atom. The maximum atomic E-state index is 11.4. The maximum Gasteiger partial charge on any atom is 0.180 e. The number of aromatic nitrogens is 2. The minimum absolute atomic E-state index is 0.0264. The molecule has 2 rings (SSSR count). The van der Waals surface area contributed by atoms with Crippen molar-refractivity contribution in [3.63, 3.8) is 0 Å². The average Bonchev–Trinajstić information content (AvgIpc) is 2.41. The van der Waals surface area contributed by atoms with Crippen LogP contribution in [0.3, 0.4) is 0 Å². The summed E-state index contributed by atoms with van der Waals surface area (Å²) in [7, 11) is 0. The monoisotopic (exact) mass is 242 g/mol. The lowest BCUT2D eigenvalue weighted by atomic mass is 10.2. The Bertz CT molecular complexity index is 533. The van der Waals surface area contributed by atoms with Crippen LogP contribution in [0.1, 0.15) is 29.5 Å². The van der Waals surface area contributed by atoms with E-state index in [-0.39, 0.29) is 5.78 Å². The fraction of sp³-hybridized carbons (Fsp3) is 0.214. The Kier molecular flexibility index (Phi) is 3.67. The van der Waals surface area contributed by atoms with Gasteiger partial charge in [-0.2, -0.15) is 0 Å². The second-order valence-corrected chi connectivity index (χ2v) is 3.89. The van der Waals surface area contributed by atoms with Crippen LogP contribution in [-0.4, -0.2) is 15.8 Å². The number of carbonyl (C=O) groups excluding carboxylic acids is 1. The second-order valence-electron chi connectivity index (χ2n) is 3.89. The highest BCUT2D eigenvalue weighted by Gasteiger charge is 2.05. The van der Waals surface area contributed by atoms with Crippen molar-refractivity contribution >= 4 is 5.78 Å². The van der Waals surface area contributed by atoms with Crippen LogP contribution in [0.2, 0.25) is 0 Å². The van der Waals surface area contributed by atoms with Gasteiger partial charge in [-0.15, -0.1) is 0 Å². The van der Waals surface area contributed by atoms with Crippen LogP contribution in [0, 0.1) is 6.92 Å². The van der Waals surface area contributed by atoms with Gasteiger partial charge in [0.15, 0.2) is 5.78 Å². The summed E-state index contributed by atoms with van der Waals surface area (Å²) in [6, 6.07) is 7.11. The number of hydrogen-bond acceptors (Lipinski definition) is 4. The number of rotatable bonds is 4. The van der Waals surface area contributed by atoms with E-state index < -0.39 is 0 Å².